The van der Waals surface area contributed by atoms with Crippen LogP contribution in [0.5, 0.6) is 0 Å². The third kappa shape index (κ3) is 2.36. The summed E-state index contributed by atoms with van der Waals surface area (Å²) in [6.07, 6.45) is 2.28. The van der Waals surface area contributed by atoms with Crippen LogP contribution >= 0.6 is 11.6 Å². The maximum atomic E-state index is 12.1. The topological polar surface area (TPSA) is 36.1 Å². The normalized spacial score (nSPS) is 17.8. The highest BCUT2D eigenvalue weighted by molar-refractivity contribution is 6.31. The lowest BCUT2D eigenvalue weighted by Gasteiger charge is -2.30. The first-order valence-corrected chi connectivity index (χ1v) is 7.44. The Labute approximate surface area is 123 Å². The molecule has 106 valence electrons. The molecule has 0 amide bonds. The summed E-state index contributed by atoms with van der Waals surface area (Å²) in [7, 11) is 2.16. The largest absolute Gasteiger partial charge is 0.326 e. The molecule has 0 atom stereocenters. The average molecular weight is 291 g/mol. The molecule has 20 heavy (non-hydrogen) atoms. The van der Waals surface area contributed by atoms with E-state index in [-0.39, 0.29) is 5.56 Å². The Morgan fingerprint density at radius 3 is 2.65 bits per heavy atom. The Morgan fingerprint density at radius 2 is 1.95 bits per heavy atom. The van der Waals surface area contributed by atoms with Crippen LogP contribution in [0.1, 0.15) is 30.0 Å². The molecule has 3 nitrogen and oxygen atoms in total. The zero-order valence-corrected chi connectivity index (χ0v) is 12.6. The summed E-state index contributed by atoms with van der Waals surface area (Å²) in [6, 6.07) is 5.64. The van der Waals surface area contributed by atoms with Crippen molar-refractivity contribution in [1.82, 2.24) is 9.88 Å². The van der Waals surface area contributed by atoms with Crippen molar-refractivity contribution in [2.75, 3.05) is 20.1 Å². The first kappa shape index (κ1) is 13.7. The Balaban J connectivity index is 2.17. The van der Waals surface area contributed by atoms with Crippen LogP contribution in [0.3, 0.4) is 0 Å². The van der Waals surface area contributed by atoms with Gasteiger partial charge in [-0.05, 0) is 68.9 Å². The molecule has 1 aromatic carbocycles. The van der Waals surface area contributed by atoms with Gasteiger partial charge >= 0.3 is 0 Å². The number of likely N-dealkylation sites (tertiary alicyclic amines) is 1. The van der Waals surface area contributed by atoms with Crippen LogP contribution < -0.4 is 5.56 Å². The lowest BCUT2D eigenvalue weighted by molar-refractivity contribution is 0.255. The lowest BCUT2D eigenvalue weighted by atomic mass is 9.86. The minimum atomic E-state index is -0.0447. The SMILES string of the molecule is Cc1[nH]c(=O)c2cc(Cl)ccc2c1C1CCN(C)CC1. The van der Waals surface area contributed by atoms with Crippen LogP contribution in [0.4, 0.5) is 0 Å². The highest BCUT2D eigenvalue weighted by atomic mass is 35.5. The van der Waals surface area contributed by atoms with E-state index in [4.69, 9.17) is 11.6 Å². The van der Waals surface area contributed by atoms with Crippen molar-refractivity contribution in [3.63, 3.8) is 0 Å². The molecule has 0 spiro atoms. The molecule has 2 heterocycles. The zero-order valence-electron chi connectivity index (χ0n) is 11.9. The van der Waals surface area contributed by atoms with Crippen molar-refractivity contribution in [2.45, 2.75) is 25.7 Å². The van der Waals surface area contributed by atoms with Gasteiger partial charge in [-0.2, -0.15) is 0 Å². The first-order valence-electron chi connectivity index (χ1n) is 7.07. The Morgan fingerprint density at radius 1 is 1.25 bits per heavy atom. The number of hydrogen-bond donors (Lipinski definition) is 1. The standard InChI is InChI=1S/C16H19ClN2O/c1-10-15(11-5-7-19(2)8-6-11)13-4-3-12(17)9-14(13)16(20)18-10/h3-4,9,11H,5-8H2,1-2H3,(H,18,20). The van der Waals surface area contributed by atoms with Crippen LogP contribution in [0.25, 0.3) is 10.8 Å². The maximum absolute atomic E-state index is 12.1. The number of H-pyrrole nitrogens is 1. The highest BCUT2D eigenvalue weighted by Crippen LogP contribution is 2.34. The number of benzene rings is 1. The molecule has 1 aliphatic heterocycles. The van der Waals surface area contributed by atoms with Gasteiger partial charge in [-0.3, -0.25) is 4.79 Å². The van der Waals surface area contributed by atoms with Crippen LogP contribution in [0, 0.1) is 6.92 Å². The van der Waals surface area contributed by atoms with Crippen LogP contribution in [-0.4, -0.2) is 30.0 Å². The zero-order chi connectivity index (χ0) is 14.3. The molecule has 0 bridgehead atoms. The number of pyridine rings is 1. The van der Waals surface area contributed by atoms with E-state index in [0.717, 1.165) is 37.0 Å². The van der Waals surface area contributed by atoms with E-state index in [1.807, 2.05) is 19.1 Å². The van der Waals surface area contributed by atoms with E-state index in [1.54, 1.807) is 6.07 Å². The fourth-order valence-corrected chi connectivity index (χ4v) is 3.44. The lowest BCUT2D eigenvalue weighted by Crippen LogP contribution is -2.30. The molecule has 0 saturated carbocycles. The second kappa shape index (κ2) is 5.23. The molecule has 2 aromatic rings. The third-order valence-electron chi connectivity index (χ3n) is 4.35. The summed E-state index contributed by atoms with van der Waals surface area (Å²) in [5.74, 6) is 0.520. The monoisotopic (exact) mass is 290 g/mol. The molecule has 0 aliphatic carbocycles. The molecule has 1 saturated heterocycles. The molecule has 1 aliphatic rings. The molecule has 4 heteroatoms. The number of halogens is 1. The van der Waals surface area contributed by atoms with Crippen LogP contribution in [0.15, 0.2) is 23.0 Å². The number of hydrogen-bond acceptors (Lipinski definition) is 2. The van der Waals surface area contributed by atoms with Crippen molar-refractivity contribution in [3.05, 3.63) is 44.8 Å². The van der Waals surface area contributed by atoms with Crippen molar-refractivity contribution in [2.24, 2.45) is 0 Å². The van der Waals surface area contributed by atoms with Crippen molar-refractivity contribution in [3.8, 4) is 0 Å². The summed E-state index contributed by atoms with van der Waals surface area (Å²) in [6.45, 7) is 4.22. The number of aromatic nitrogens is 1. The second-order valence-corrected chi connectivity index (χ2v) is 6.20. The molecular formula is C16H19ClN2O. The van der Waals surface area contributed by atoms with E-state index in [9.17, 15) is 4.79 Å². The number of nitrogens with one attached hydrogen (secondary N) is 1. The van der Waals surface area contributed by atoms with Gasteiger partial charge in [0.25, 0.3) is 5.56 Å². The molecule has 1 aromatic heterocycles. The molecule has 1 N–H and O–H groups in total. The Bertz CT molecular complexity index is 699. The van der Waals surface area contributed by atoms with Crippen molar-refractivity contribution in [1.29, 1.82) is 0 Å². The van der Waals surface area contributed by atoms with E-state index >= 15 is 0 Å². The highest BCUT2D eigenvalue weighted by Gasteiger charge is 2.22. The van der Waals surface area contributed by atoms with Gasteiger partial charge in [-0.25, -0.2) is 0 Å². The summed E-state index contributed by atoms with van der Waals surface area (Å²) in [5.41, 5.74) is 2.25. The second-order valence-electron chi connectivity index (χ2n) is 5.76. The third-order valence-corrected chi connectivity index (χ3v) is 4.58. The molecule has 1 fully saturated rings. The van der Waals surface area contributed by atoms with Gasteiger partial charge in [0.05, 0.1) is 0 Å². The molecule has 0 unspecified atom stereocenters. The molecular weight excluding hydrogens is 272 g/mol. The fraction of sp³-hybridized carbons (Fsp3) is 0.438. The van der Waals surface area contributed by atoms with E-state index in [2.05, 4.69) is 16.9 Å². The van der Waals surface area contributed by atoms with Crippen molar-refractivity contribution < 1.29 is 0 Å². The summed E-state index contributed by atoms with van der Waals surface area (Å²) < 4.78 is 0. The van der Waals surface area contributed by atoms with Crippen LogP contribution in [-0.2, 0) is 0 Å². The Hall–Kier alpha value is -1.32. The van der Waals surface area contributed by atoms with Gasteiger partial charge < -0.3 is 9.88 Å². The number of aryl methyl sites for hydroxylation is 1. The number of aromatic amines is 1. The maximum Gasteiger partial charge on any atom is 0.256 e. The van der Waals surface area contributed by atoms with Gasteiger partial charge in [0, 0.05) is 16.1 Å². The van der Waals surface area contributed by atoms with Gasteiger partial charge in [0.15, 0.2) is 0 Å². The fourth-order valence-electron chi connectivity index (χ4n) is 3.27. The smallest absolute Gasteiger partial charge is 0.256 e. The van der Waals surface area contributed by atoms with Gasteiger partial charge in [-0.15, -0.1) is 0 Å². The molecule has 0 radical (unpaired) electrons. The number of piperidine rings is 1. The van der Waals surface area contributed by atoms with Gasteiger partial charge in [-0.1, -0.05) is 17.7 Å². The Kier molecular flexibility index (Phi) is 3.57. The van der Waals surface area contributed by atoms with Gasteiger partial charge in [0.2, 0.25) is 0 Å². The van der Waals surface area contributed by atoms with Crippen LogP contribution in [0.2, 0.25) is 5.02 Å². The minimum Gasteiger partial charge on any atom is -0.326 e. The number of nitrogens with zero attached hydrogens (tertiary/aromatic N) is 1. The summed E-state index contributed by atoms with van der Waals surface area (Å²) >= 11 is 6.03. The minimum absolute atomic E-state index is 0.0447. The van der Waals surface area contributed by atoms with Crippen molar-refractivity contribution >= 4 is 22.4 Å². The van der Waals surface area contributed by atoms with E-state index in [0.29, 0.717) is 16.3 Å². The quantitative estimate of drug-likeness (QED) is 0.875. The van der Waals surface area contributed by atoms with E-state index in [1.165, 1.54) is 5.56 Å². The predicted molar refractivity (Wildman–Crippen MR) is 83.8 cm³/mol. The molecule has 3 rings (SSSR count). The van der Waals surface area contributed by atoms with E-state index < -0.39 is 0 Å². The number of fused-ring (bicyclic) bond motifs is 1. The predicted octanol–water partition coefficient (Wildman–Crippen LogP) is 3.30. The summed E-state index contributed by atoms with van der Waals surface area (Å²) in [5, 5.41) is 2.38. The number of rotatable bonds is 1. The average Bonchev–Trinajstić information content (AvgIpc) is 2.41. The summed E-state index contributed by atoms with van der Waals surface area (Å²) in [4.78, 5) is 17.5. The van der Waals surface area contributed by atoms with Gasteiger partial charge in [0.1, 0.15) is 0 Å². The first-order chi connectivity index (χ1) is 9.56.